The van der Waals surface area contributed by atoms with Crippen LogP contribution in [0, 0.1) is 0 Å². The molecule has 0 heterocycles. The number of hydrogen-bond acceptors (Lipinski definition) is 2. The minimum atomic E-state index is -0.855. The molecule has 0 amide bonds. The molecule has 0 fully saturated rings. The van der Waals surface area contributed by atoms with E-state index in [0.717, 1.165) is 32.1 Å². The molecule has 110 valence electrons. The number of carboxylic acid groups (broad SMARTS) is 2. The summed E-state index contributed by atoms with van der Waals surface area (Å²) in [6.45, 7) is 4.20. The molecule has 4 heteroatoms. The second-order valence-corrected chi connectivity index (χ2v) is 4.12. The smallest absolute Gasteiger partial charge is 0.327 e. The van der Waals surface area contributed by atoms with Crippen molar-refractivity contribution in [3.05, 3.63) is 24.3 Å². The van der Waals surface area contributed by atoms with Crippen molar-refractivity contribution in [2.24, 2.45) is 0 Å². The van der Waals surface area contributed by atoms with Gasteiger partial charge in [-0.2, -0.15) is 0 Å². The Morgan fingerprint density at radius 3 is 1.58 bits per heavy atom. The van der Waals surface area contributed by atoms with Crippen LogP contribution in [0.3, 0.4) is 0 Å². The lowest BCUT2D eigenvalue weighted by Crippen LogP contribution is -1.85. The predicted molar refractivity (Wildman–Crippen MR) is 77.2 cm³/mol. The van der Waals surface area contributed by atoms with Crippen LogP contribution in [-0.4, -0.2) is 22.2 Å². The molecule has 0 atom stereocenters. The van der Waals surface area contributed by atoms with E-state index in [1.54, 1.807) is 12.2 Å². The Kier molecular flexibility index (Phi) is 17.1. The van der Waals surface area contributed by atoms with Crippen LogP contribution in [-0.2, 0) is 9.59 Å². The highest BCUT2D eigenvalue weighted by Crippen LogP contribution is 1.98. The molecule has 0 aromatic carbocycles. The lowest BCUT2D eigenvalue weighted by atomic mass is 10.2. The standard InChI is InChI=1S/C8H14O2.C7H12O2/c1-2-3-4-5-6-7-8(9)10;1-2-3-4-5-6-7(8)9/h6-7H,2-5H2,1H3,(H,9,10);5-6H,2-4H2,1H3,(H,8,9)/b7-6+;6-5+. The molecule has 0 aliphatic heterocycles. The average molecular weight is 270 g/mol. The van der Waals surface area contributed by atoms with Crippen LogP contribution >= 0.6 is 0 Å². The molecule has 0 aromatic rings. The van der Waals surface area contributed by atoms with Gasteiger partial charge in [0.15, 0.2) is 0 Å². The van der Waals surface area contributed by atoms with Crippen molar-refractivity contribution < 1.29 is 19.8 Å². The molecule has 0 spiro atoms. The van der Waals surface area contributed by atoms with Crippen molar-refractivity contribution in [2.75, 3.05) is 0 Å². The van der Waals surface area contributed by atoms with Crippen molar-refractivity contribution in [1.82, 2.24) is 0 Å². The molecule has 0 rings (SSSR count). The average Bonchev–Trinajstić information content (AvgIpc) is 2.35. The van der Waals surface area contributed by atoms with Gasteiger partial charge in [-0.05, 0) is 19.3 Å². The topological polar surface area (TPSA) is 74.6 Å². The first-order valence-electron chi connectivity index (χ1n) is 6.83. The summed E-state index contributed by atoms with van der Waals surface area (Å²) >= 11 is 0. The molecule has 2 N–H and O–H groups in total. The molecule has 0 saturated carbocycles. The van der Waals surface area contributed by atoms with Gasteiger partial charge in [0.05, 0.1) is 0 Å². The van der Waals surface area contributed by atoms with Gasteiger partial charge >= 0.3 is 11.9 Å². The SMILES string of the molecule is CCCC/C=C/C(=O)O.CCCCC/C=C/C(=O)O. The van der Waals surface area contributed by atoms with Gasteiger partial charge in [-0.1, -0.05) is 51.7 Å². The molecule has 0 aromatic heterocycles. The lowest BCUT2D eigenvalue weighted by molar-refractivity contribution is -0.132. The van der Waals surface area contributed by atoms with E-state index in [1.807, 2.05) is 0 Å². The highest BCUT2D eigenvalue weighted by Gasteiger charge is 1.85. The predicted octanol–water partition coefficient (Wildman–Crippen LogP) is 4.02. The number of carbonyl (C=O) groups is 2. The lowest BCUT2D eigenvalue weighted by Gasteiger charge is -1.89. The third-order valence-electron chi connectivity index (χ3n) is 2.22. The van der Waals surface area contributed by atoms with Gasteiger partial charge in [0.2, 0.25) is 0 Å². The molecule has 19 heavy (non-hydrogen) atoms. The van der Waals surface area contributed by atoms with E-state index >= 15 is 0 Å². The molecule has 0 aliphatic rings. The molecule has 0 saturated heterocycles. The second-order valence-electron chi connectivity index (χ2n) is 4.12. The summed E-state index contributed by atoms with van der Waals surface area (Å²) in [6.07, 6.45) is 13.2. The Bertz CT molecular complexity index is 280. The van der Waals surface area contributed by atoms with Crippen LogP contribution in [0.2, 0.25) is 0 Å². The summed E-state index contributed by atoms with van der Waals surface area (Å²) in [5, 5.41) is 16.3. The third-order valence-corrected chi connectivity index (χ3v) is 2.22. The van der Waals surface area contributed by atoms with Crippen LogP contribution in [0.5, 0.6) is 0 Å². The van der Waals surface area contributed by atoms with E-state index in [4.69, 9.17) is 10.2 Å². The Balaban J connectivity index is 0. The summed E-state index contributed by atoms with van der Waals surface area (Å²) in [4.78, 5) is 19.8. The zero-order valence-electron chi connectivity index (χ0n) is 12.0. The molecule has 0 unspecified atom stereocenters. The summed E-state index contributed by atoms with van der Waals surface area (Å²) in [5.74, 6) is -1.71. The van der Waals surface area contributed by atoms with Gasteiger partial charge in [0.25, 0.3) is 0 Å². The van der Waals surface area contributed by atoms with Crippen molar-refractivity contribution in [3.8, 4) is 0 Å². The minimum Gasteiger partial charge on any atom is -0.478 e. The number of unbranched alkanes of at least 4 members (excludes halogenated alkanes) is 5. The summed E-state index contributed by atoms with van der Waals surface area (Å²) in [7, 11) is 0. The van der Waals surface area contributed by atoms with E-state index in [0.29, 0.717) is 0 Å². The largest absolute Gasteiger partial charge is 0.478 e. The van der Waals surface area contributed by atoms with Crippen LogP contribution in [0.15, 0.2) is 24.3 Å². The highest BCUT2D eigenvalue weighted by molar-refractivity contribution is 5.79. The van der Waals surface area contributed by atoms with Gasteiger partial charge in [-0.25, -0.2) is 9.59 Å². The maximum Gasteiger partial charge on any atom is 0.327 e. The number of carboxylic acids is 2. The summed E-state index contributed by atoms with van der Waals surface area (Å²) < 4.78 is 0. The quantitative estimate of drug-likeness (QED) is 0.490. The molecular weight excluding hydrogens is 244 g/mol. The Morgan fingerprint density at radius 1 is 0.789 bits per heavy atom. The van der Waals surface area contributed by atoms with Crippen LogP contribution in [0.4, 0.5) is 0 Å². The van der Waals surface area contributed by atoms with Crippen molar-refractivity contribution in [2.45, 2.75) is 58.8 Å². The van der Waals surface area contributed by atoms with Gasteiger partial charge in [0.1, 0.15) is 0 Å². The fourth-order valence-corrected chi connectivity index (χ4v) is 1.20. The first-order valence-corrected chi connectivity index (χ1v) is 6.83. The van der Waals surface area contributed by atoms with Gasteiger partial charge in [-0.3, -0.25) is 0 Å². The Labute approximate surface area is 115 Å². The molecule has 4 nitrogen and oxygen atoms in total. The molecule has 0 aliphatic carbocycles. The number of rotatable bonds is 9. The Morgan fingerprint density at radius 2 is 1.21 bits per heavy atom. The monoisotopic (exact) mass is 270 g/mol. The number of hydrogen-bond donors (Lipinski definition) is 2. The third kappa shape index (κ3) is 26.2. The summed E-state index contributed by atoms with van der Waals surface area (Å²) in [6, 6.07) is 0. The number of allylic oxidation sites excluding steroid dienone is 2. The van der Waals surface area contributed by atoms with Crippen LogP contribution < -0.4 is 0 Å². The maximum atomic E-state index is 9.95. The van der Waals surface area contributed by atoms with E-state index in [9.17, 15) is 9.59 Å². The van der Waals surface area contributed by atoms with E-state index in [2.05, 4.69) is 13.8 Å². The first kappa shape index (κ1) is 19.8. The summed E-state index contributed by atoms with van der Waals surface area (Å²) in [5.41, 5.74) is 0. The number of aliphatic carboxylic acids is 2. The fraction of sp³-hybridized carbons (Fsp3) is 0.600. The minimum absolute atomic E-state index is 0.850. The Hall–Kier alpha value is -1.58. The highest BCUT2D eigenvalue weighted by atomic mass is 16.4. The maximum absolute atomic E-state index is 9.95. The zero-order chi connectivity index (χ0) is 14.9. The van der Waals surface area contributed by atoms with Gasteiger partial charge in [0, 0.05) is 12.2 Å². The first-order chi connectivity index (χ1) is 9.04. The zero-order valence-corrected chi connectivity index (χ0v) is 12.0. The van der Waals surface area contributed by atoms with Crippen LogP contribution in [0.25, 0.3) is 0 Å². The van der Waals surface area contributed by atoms with Crippen molar-refractivity contribution >= 4 is 11.9 Å². The van der Waals surface area contributed by atoms with Crippen molar-refractivity contribution in [3.63, 3.8) is 0 Å². The molecular formula is C15H26O4. The fourth-order valence-electron chi connectivity index (χ4n) is 1.20. The molecule has 0 radical (unpaired) electrons. The van der Waals surface area contributed by atoms with Gasteiger partial charge < -0.3 is 10.2 Å². The second kappa shape index (κ2) is 16.4. The van der Waals surface area contributed by atoms with E-state index < -0.39 is 11.9 Å². The van der Waals surface area contributed by atoms with Crippen LogP contribution in [0.1, 0.15) is 58.8 Å². The van der Waals surface area contributed by atoms with Gasteiger partial charge in [-0.15, -0.1) is 0 Å². The normalized spacial score (nSPS) is 10.4. The van der Waals surface area contributed by atoms with E-state index in [-0.39, 0.29) is 0 Å². The molecule has 0 bridgehead atoms. The van der Waals surface area contributed by atoms with Crippen molar-refractivity contribution in [1.29, 1.82) is 0 Å². The van der Waals surface area contributed by atoms with E-state index in [1.165, 1.54) is 25.0 Å².